The van der Waals surface area contributed by atoms with Crippen molar-refractivity contribution in [3.8, 4) is 0 Å². The first-order valence-corrected chi connectivity index (χ1v) is 11.8. The molecule has 4 heteroatoms. The molecule has 4 fully saturated rings. The van der Waals surface area contributed by atoms with Crippen molar-refractivity contribution in [2.75, 3.05) is 0 Å². The Kier molecular flexibility index (Phi) is 5.36. The largest absolute Gasteiger partial charge is 0.481 e. The first-order chi connectivity index (χ1) is 13.2. The lowest BCUT2D eigenvalue weighted by molar-refractivity contribution is -0.175. The first kappa shape index (κ1) is 20.7. The number of hydrogen-bond donors (Lipinski definition) is 3. The highest BCUT2D eigenvalue weighted by Gasteiger charge is 2.63. The highest BCUT2D eigenvalue weighted by atomic mass is 16.4. The molecule has 4 rings (SSSR count). The Morgan fingerprint density at radius 1 is 1.04 bits per heavy atom. The summed E-state index contributed by atoms with van der Waals surface area (Å²) in [6.07, 6.45) is 9.26. The molecule has 10 atom stereocenters. The van der Waals surface area contributed by atoms with E-state index in [9.17, 15) is 15.0 Å². The predicted octanol–water partition coefficient (Wildman–Crippen LogP) is 4.48. The van der Waals surface area contributed by atoms with E-state index in [1.165, 1.54) is 19.3 Å². The SMILES string of the molecule is C[C@H](CCC(=O)O)[C@H]1CC[C@H]2[C@@H]3CCC4C[C@H](O)CC[C@]4(C)[C@H]3C[C@H](O)[C@]12C. The number of aliphatic hydroxyl groups is 2. The fraction of sp³-hybridized carbons (Fsp3) is 0.958. The van der Waals surface area contributed by atoms with Crippen LogP contribution in [-0.2, 0) is 4.79 Å². The molecule has 0 amide bonds. The van der Waals surface area contributed by atoms with Gasteiger partial charge in [-0.15, -0.1) is 0 Å². The molecular formula is C24H40O4. The maximum absolute atomic E-state index is 11.5. The average Bonchev–Trinajstić information content (AvgIpc) is 3.00. The zero-order valence-electron chi connectivity index (χ0n) is 17.9. The molecule has 4 nitrogen and oxygen atoms in total. The highest BCUT2D eigenvalue weighted by Crippen LogP contribution is 2.68. The van der Waals surface area contributed by atoms with E-state index >= 15 is 0 Å². The second-order valence-electron chi connectivity index (χ2n) is 11.3. The molecule has 0 aromatic rings. The van der Waals surface area contributed by atoms with Gasteiger partial charge in [-0.05, 0) is 104 Å². The third-order valence-corrected chi connectivity index (χ3v) is 10.3. The van der Waals surface area contributed by atoms with Gasteiger partial charge < -0.3 is 15.3 Å². The smallest absolute Gasteiger partial charge is 0.303 e. The van der Waals surface area contributed by atoms with E-state index in [0.717, 1.165) is 38.5 Å². The topological polar surface area (TPSA) is 77.8 Å². The van der Waals surface area contributed by atoms with Crippen molar-refractivity contribution >= 4 is 5.97 Å². The van der Waals surface area contributed by atoms with Crippen molar-refractivity contribution in [2.24, 2.45) is 46.3 Å². The standard InChI is InChI=1S/C24H40O4/c1-14(4-9-22(27)28)18-7-8-19-17-6-5-15-12-16(25)10-11-23(15,2)20(17)13-21(26)24(18,19)3/h14-21,25-26H,4-13H2,1-3H3,(H,27,28)/t14-,15?,16-,17+,18-,19+,20+,21+,23+,24-/m1/s1. The number of hydrogen-bond acceptors (Lipinski definition) is 3. The summed E-state index contributed by atoms with van der Waals surface area (Å²) in [4.78, 5) is 11.1. The molecule has 0 spiro atoms. The van der Waals surface area contributed by atoms with Crippen molar-refractivity contribution in [3.63, 3.8) is 0 Å². The molecule has 4 aliphatic carbocycles. The number of carboxylic acids is 1. The molecular weight excluding hydrogens is 352 g/mol. The van der Waals surface area contributed by atoms with Crippen LogP contribution in [0, 0.1) is 46.3 Å². The molecule has 0 aromatic carbocycles. The number of carboxylic acid groups (broad SMARTS) is 1. The number of fused-ring (bicyclic) bond motifs is 5. The van der Waals surface area contributed by atoms with Gasteiger partial charge in [-0.1, -0.05) is 20.8 Å². The van der Waals surface area contributed by atoms with Crippen molar-refractivity contribution < 1.29 is 20.1 Å². The lowest BCUT2D eigenvalue weighted by atomic mass is 9.43. The molecule has 28 heavy (non-hydrogen) atoms. The fourth-order valence-corrected chi connectivity index (χ4v) is 8.71. The molecule has 0 aliphatic heterocycles. The zero-order chi connectivity index (χ0) is 20.3. The fourth-order valence-electron chi connectivity index (χ4n) is 8.71. The molecule has 160 valence electrons. The second kappa shape index (κ2) is 7.27. The van der Waals surface area contributed by atoms with E-state index < -0.39 is 5.97 Å². The minimum atomic E-state index is -0.707. The second-order valence-corrected chi connectivity index (χ2v) is 11.3. The Bertz CT molecular complexity index is 605. The molecule has 0 aromatic heterocycles. The molecule has 4 saturated carbocycles. The summed E-state index contributed by atoms with van der Waals surface area (Å²) in [7, 11) is 0. The maximum Gasteiger partial charge on any atom is 0.303 e. The lowest BCUT2D eigenvalue weighted by Gasteiger charge is -2.62. The Hall–Kier alpha value is -0.610. The van der Waals surface area contributed by atoms with Gasteiger partial charge in [0, 0.05) is 6.42 Å². The van der Waals surface area contributed by atoms with Gasteiger partial charge in [0.25, 0.3) is 0 Å². The molecule has 1 unspecified atom stereocenters. The number of rotatable bonds is 4. The van der Waals surface area contributed by atoms with E-state index in [1.807, 2.05) is 0 Å². The van der Waals surface area contributed by atoms with E-state index in [4.69, 9.17) is 5.11 Å². The van der Waals surface area contributed by atoms with Crippen LogP contribution in [0.5, 0.6) is 0 Å². The van der Waals surface area contributed by atoms with Crippen molar-refractivity contribution in [1.29, 1.82) is 0 Å². The summed E-state index contributed by atoms with van der Waals surface area (Å²) in [5.41, 5.74) is 0.216. The summed E-state index contributed by atoms with van der Waals surface area (Å²) in [5, 5.41) is 30.8. The lowest BCUT2D eigenvalue weighted by Crippen LogP contribution is -2.58. The van der Waals surface area contributed by atoms with E-state index in [2.05, 4.69) is 20.8 Å². The maximum atomic E-state index is 11.5. The zero-order valence-corrected chi connectivity index (χ0v) is 17.9. The van der Waals surface area contributed by atoms with Crippen LogP contribution in [0.4, 0.5) is 0 Å². The van der Waals surface area contributed by atoms with Crippen LogP contribution < -0.4 is 0 Å². The van der Waals surface area contributed by atoms with Crippen molar-refractivity contribution in [3.05, 3.63) is 0 Å². The third kappa shape index (κ3) is 3.05. The van der Waals surface area contributed by atoms with E-state index in [-0.39, 0.29) is 29.5 Å². The summed E-state index contributed by atoms with van der Waals surface area (Å²) < 4.78 is 0. The van der Waals surface area contributed by atoms with Crippen molar-refractivity contribution in [1.82, 2.24) is 0 Å². The van der Waals surface area contributed by atoms with Crippen molar-refractivity contribution in [2.45, 2.75) is 97.2 Å². The highest BCUT2D eigenvalue weighted by molar-refractivity contribution is 5.66. The molecule has 0 bridgehead atoms. The van der Waals surface area contributed by atoms with Crippen LogP contribution in [0.25, 0.3) is 0 Å². The normalized spacial score (nSPS) is 51.7. The summed E-state index contributed by atoms with van der Waals surface area (Å²) in [6.45, 7) is 6.99. The predicted molar refractivity (Wildman–Crippen MR) is 109 cm³/mol. The Morgan fingerprint density at radius 3 is 2.50 bits per heavy atom. The number of carbonyl (C=O) groups is 1. The minimum Gasteiger partial charge on any atom is -0.481 e. The van der Waals surface area contributed by atoms with E-state index in [0.29, 0.717) is 35.5 Å². The van der Waals surface area contributed by atoms with Gasteiger partial charge in [-0.2, -0.15) is 0 Å². The number of aliphatic carboxylic acids is 1. The molecule has 3 N–H and O–H groups in total. The summed E-state index contributed by atoms with van der Waals surface area (Å²) in [5.74, 6) is 2.55. The molecule has 0 radical (unpaired) electrons. The van der Waals surface area contributed by atoms with Gasteiger partial charge in [0.15, 0.2) is 0 Å². The first-order valence-electron chi connectivity index (χ1n) is 11.8. The Labute approximate surface area is 170 Å². The number of aliphatic hydroxyl groups excluding tert-OH is 2. The van der Waals surface area contributed by atoms with Gasteiger partial charge in [-0.3, -0.25) is 4.79 Å². The van der Waals surface area contributed by atoms with Crippen LogP contribution in [0.15, 0.2) is 0 Å². The Balaban J connectivity index is 1.56. The third-order valence-electron chi connectivity index (χ3n) is 10.3. The Morgan fingerprint density at radius 2 is 1.79 bits per heavy atom. The van der Waals surface area contributed by atoms with Gasteiger partial charge in [-0.25, -0.2) is 0 Å². The van der Waals surface area contributed by atoms with Gasteiger partial charge in [0.2, 0.25) is 0 Å². The van der Waals surface area contributed by atoms with Crippen LogP contribution in [0.3, 0.4) is 0 Å². The van der Waals surface area contributed by atoms with E-state index in [1.54, 1.807) is 0 Å². The minimum absolute atomic E-state index is 0.0591. The molecule has 4 aliphatic rings. The van der Waals surface area contributed by atoms with Crippen LogP contribution >= 0.6 is 0 Å². The van der Waals surface area contributed by atoms with Crippen LogP contribution in [0.1, 0.15) is 85.0 Å². The van der Waals surface area contributed by atoms with Gasteiger partial charge in [0.1, 0.15) is 0 Å². The average molecular weight is 393 g/mol. The van der Waals surface area contributed by atoms with Crippen LogP contribution in [-0.4, -0.2) is 33.5 Å². The van der Waals surface area contributed by atoms with Crippen LogP contribution in [0.2, 0.25) is 0 Å². The quantitative estimate of drug-likeness (QED) is 0.659. The summed E-state index contributed by atoms with van der Waals surface area (Å²) >= 11 is 0. The van der Waals surface area contributed by atoms with Gasteiger partial charge in [0.05, 0.1) is 12.2 Å². The summed E-state index contributed by atoms with van der Waals surface area (Å²) in [6, 6.07) is 0. The molecule has 0 saturated heterocycles. The molecule has 0 heterocycles. The monoisotopic (exact) mass is 392 g/mol. The van der Waals surface area contributed by atoms with Gasteiger partial charge >= 0.3 is 5.97 Å².